The summed E-state index contributed by atoms with van der Waals surface area (Å²) in [7, 11) is 1.58. The number of nitrogens with zero attached hydrogens (tertiary/aromatic N) is 2. The monoisotopic (exact) mass is 616 g/mol. The number of likely N-dealkylation sites (tertiary alicyclic amines) is 1. The third kappa shape index (κ3) is 9.98. The van der Waals surface area contributed by atoms with Crippen molar-refractivity contribution in [1.29, 1.82) is 0 Å². The zero-order valence-electron chi connectivity index (χ0n) is 27.5. The Labute approximate surface area is 268 Å². The summed E-state index contributed by atoms with van der Waals surface area (Å²) >= 11 is 0. The fourth-order valence-corrected chi connectivity index (χ4v) is 5.61. The highest BCUT2D eigenvalue weighted by molar-refractivity contribution is 5.95. The molecule has 0 radical (unpaired) electrons. The Kier molecular flexibility index (Phi) is 11.9. The van der Waals surface area contributed by atoms with Gasteiger partial charge in [0, 0.05) is 31.2 Å². The fraction of sp³-hybridized carbons (Fsp3) is 0.459. The van der Waals surface area contributed by atoms with E-state index < -0.39 is 5.60 Å². The van der Waals surface area contributed by atoms with Gasteiger partial charge in [-0.15, -0.1) is 0 Å². The number of carbonyl (C=O) groups is 2. The van der Waals surface area contributed by atoms with Gasteiger partial charge in [0.2, 0.25) is 0 Å². The second kappa shape index (κ2) is 15.8. The molecule has 4 rings (SSSR count). The van der Waals surface area contributed by atoms with Crippen LogP contribution in [0.3, 0.4) is 0 Å². The van der Waals surface area contributed by atoms with Gasteiger partial charge in [0.05, 0.1) is 20.3 Å². The molecule has 1 aliphatic rings. The van der Waals surface area contributed by atoms with Crippen molar-refractivity contribution in [3.8, 4) is 11.5 Å². The first-order chi connectivity index (χ1) is 21.5. The van der Waals surface area contributed by atoms with Gasteiger partial charge in [-0.2, -0.15) is 0 Å². The highest BCUT2D eigenvalue weighted by Gasteiger charge is 2.39. The molecule has 3 aromatic carbocycles. The predicted octanol–water partition coefficient (Wildman–Crippen LogP) is 6.87. The molecule has 0 spiro atoms. The topological polar surface area (TPSA) is 77.5 Å². The first-order valence-electron chi connectivity index (χ1n) is 15.8. The van der Waals surface area contributed by atoms with Crippen molar-refractivity contribution < 1.29 is 28.5 Å². The van der Waals surface area contributed by atoms with Crippen LogP contribution < -0.4 is 9.47 Å². The van der Waals surface area contributed by atoms with E-state index in [4.69, 9.17) is 18.9 Å². The van der Waals surface area contributed by atoms with Crippen LogP contribution in [0.2, 0.25) is 0 Å². The molecule has 2 unspecified atom stereocenters. The van der Waals surface area contributed by atoms with Crippen molar-refractivity contribution in [3.05, 3.63) is 95.6 Å². The molecule has 8 nitrogen and oxygen atoms in total. The van der Waals surface area contributed by atoms with Gasteiger partial charge in [0.1, 0.15) is 12.2 Å². The third-order valence-corrected chi connectivity index (χ3v) is 7.89. The van der Waals surface area contributed by atoms with E-state index in [0.29, 0.717) is 56.5 Å². The average Bonchev–Trinajstić information content (AvgIpc) is 3.41. The lowest BCUT2D eigenvalue weighted by Crippen LogP contribution is -2.42. The van der Waals surface area contributed by atoms with Crippen molar-refractivity contribution in [2.45, 2.75) is 59.3 Å². The number of methoxy groups -OCH3 is 1. The highest BCUT2D eigenvalue weighted by Crippen LogP contribution is 2.32. The van der Waals surface area contributed by atoms with E-state index in [9.17, 15) is 9.59 Å². The molecular weight excluding hydrogens is 568 g/mol. The molecule has 0 bridgehead atoms. The van der Waals surface area contributed by atoms with Gasteiger partial charge in [-0.25, -0.2) is 4.79 Å². The number of hydrogen-bond acceptors (Lipinski definition) is 6. The summed E-state index contributed by atoms with van der Waals surface area (Å²) in [6.45, 7) is 12.5. The van der Waals surface area contributed by atoms with Crippen LogP contribution in [0.1, 0.15) is 56.1 Å². The molecule has 1 saturated heterocycles. The number of carbonyl (C=O) groups excluding carboxylic acids is 2. The molecule has 242 valence electrons. The van der Waals surface area contributed by atoms with Crippen molar-refractivity contribution in [2.24, 2.45) is 11.8 Å². The van der Waals surface area contributed by atoms with Gasteiger partial charge in [-0.05, 0) is 82.2 Å². The first kappa shape index (κ1) is 33.8. The van der Waals surface area contributed by atoms with Crippen LogP contribution in [0.5, 0.6) is 11.5 Å². The smallest absolute Gasteiger partial charge is 0.410 e. The van der Waals surface area contributed by atoms with Crippen LogP contribution in [0, 0.1) is 11.8 Å². The maximum absolute atomic E-state index is 14.0. The Morgan fingerprint density at radius 1 is 0.867 bits per heavy atom. The lowest BCUT2D eigenvalue weighted by molar-refractivity contribution is 0.0282. The van der Waals surface area contributed by atoms with Crippen molar-refractivity contribution in [2.75, 3.05) is 40.0 Å². The normalized spacial score (nSPS) is 16.5. The number of benzene rings is 3. The van der Waals surface area contributed by atoms with Gasteiger partial charge < -0.3 is 28.7 Å². The summed E-state index contributed by atoms with van der Waals surface area (Å²) in [4.78, 5) is 30.8. The zero-order chi connectivity index (χ0) is 32.4. The van der Waals surface area contributed by atoms with Crippen LogP contribution in [-0.2, 0) is 22.5 Å². The van der Waals surface area contributed by atoms with E-state index >= 15 is 0 Å². The largest absolute Gasteiger partial charge is 0.493 e. The van der Waals surface area contributed by atoms with Crippen LogP contribution in [0.15, 0.2) is 78.9 Å². The molecule has 0 N–H and O–H groups in total. The predicted molar refractivity (Wildman–Crippen MR) is 176 cm³/mol. The number of amides is 2. The van der Waals surface area contributed by atoms with Crippen LogP contribution >= 0.6 is 0 Å². The summed E-state index contributed by atoms with van der Waals surface area (Å²) in [5, 5.41) is 0. The molecule has 2 atom stereocenters. The van der Waals surface area contributed by atoms with E-state index in [1.165, 1.54) is 5.56 Å². The van der Waals surface area contributed by atoms with Crippen molar-refractivity contribution >= 4 is 12.0 Å². The van der Waals surface area contributed by atoms with E-state index in [-0.39, 0.29) is 29.9 Å². The van der Waals surface area contributed by atoms with Gasteiger partial charge in [0.15, 0.2) is 11.5 Å². The minimum absolute atomic E-state index is 0.0525. The summed E-state index contributed by atoms with van der Waals surface area (Å²) in [5.41, 5.74) is 2.25. The Balaban J connectivity index is 1.46. The Bertz CT molecular complexity index is 1370. The van der Waals surface area contributed by atoms with Crippen LogP contribution in [0.4, 0.5) is 4.79 Å². The van der Waals surface area contributed by atoms with Gasteiger partial charge >= 0.3 is 6.09 Å². The molecule has 0 saturated carbocycles. The van der Waals surface area contributed by atoms with Crippen molar-refractivity contribution in [3.63, 3.8) is 0 Å². The quantitative estimate of drug-likeness (QED) is 0.195. The minimum Gasteiger partial charge on any atom is -0.493 e. The second-order valence-corrected chi connectivity index (χ2v) is 12.9. The SMILES string of the molecule is COc1ccc(C(=O)N(CC2CN(C(=O)OC(C)(C)C)CC2Cc2ccccc2)C(C)C)cc1OCCOCc1ccccc1. The van der Waals surface area contributed by atoms with Crippen LogP contribution in [-0.4, -0.2) is 73.4 Å². The standard InChI is InChI=1S/C37H48N2O6/c1-27(2)39(25-32-24-38(36(41)45-37(3,4)5)23-31(32)21-28-13-9-7-10-14-28)35(40)30-17-18-33(42-6)34(22-30)44-20-19-43-26-29-15-11-8-12-16-29/h7-18,22,27,31-32H,19-21,23-26H2,1-6H3. The zero-order valence-corrected chi connectivity index (χ0v) is 27.5. The highest BCUT2D eigenvalue weighted by atomic mass is 16.6. The molecule has 45 heavy (non-hydrogen) atoms. The number of hydrogen-bond donors (Lipinski definition) is 0. The van der Waals surface area contributed by atoms with Gasteiger partial charge in [-0.1, -0.05) is 60.7 Å². The summed E-state index contributed by atoms with van der Waals surface area (Å²) in [6, 6.07) is 25.5. The van der Waals surface area contributed by atoms with Gasteiger partial charge in [-0.3, -0.25) is 4.79 Å². The van der Waals surface area contributed by atoms with E-state index in [2.05, 4.69) is 12.1 Å². The van der Waals surface area contributed by atoms with Gasteiger partial charge in [0.25, 0.3) is 5.91 Å². The van der Waals surface area contributed by atoms with Crippen molar-refractivity contribution in [1.82, 2.24) is 9.80 Å². The Morgan fingerprint density at radius 2 is 1.51 bits per heavy atom. The molecule has 8 heteroatoms. The molecule has 3 aromatic rings. The molecule has 0 aliphatic carbocycles. The number of ether oxygens (including phenoxy) is 4. The molecular formula is C37H48N2O6. The first-order valence-corrected chi connectivity index (χ1v) is 15.8. The number of rotatable bonds is 13. The van der Waals surface area contributed by atoms with E-state index in [1.54, 1.807) is 30.2 Å². The van der Waals surface area contributed by atoms with E-state index in [0.717, 1.165) is 12.0 Å². The second-order valence-electron chi connectivity index (χ2n) is 12.9. The van der Waals surface area contributed by atoms with Crippen LogP contribution in [0.25, 0.3) is 0 Å². The molecule has 0 aromatic heterocycles. The molecule has 1 aliphatic heterocycles. The molecule has 1 fully saturated rings. The summed E-state index contributed by atoms with van der Waals surface area (Å²) in [5.74, 6) is 1.22. The van der Waals surface area contributed by atoms with E-state index in [1.807, 2.05) is 88.0 Å². The maximum Gasteiger partial charge on any atom is 0.410 e. The third-order valence-electron chi connectivity index (χ3n) is 7.89. The summed E-state index contributed by atoms with van der Waals surface area (Å²) < 4.78 is 23.0. The molecule has 2 amide bonds. The average molecular weight is 617 g/mol. The Hall–Kier alpha value is -4.04. The fourth-order valence-electron chi connectivity index (χ4n) is 5.61. The maximum atomic E-state index is 14.0. The Morgan fingerprint density at radius 3 is 2.13 bits per heavy atom. The lowest BCUT2D eigenvalue weighted by Gasteiger charge is -2.32. The lowest BCUT2D eigenvalue weighted by atomic mass is 9.89. The minimum atomic E-state index is -0.577. The molecule has 1 heterocycles. The summed E-state index contributed by atoms with van der Waals surface area (Å²) in [6.07, 6.45) is 0.507.